The quantitative estimate of drug-likeness (QED) is 0.906. The van der Waals surface area contributed by atoms with E-state index in [2.05, 4.69) is 10.3 Å². The number of rotatable bonds is 4. The number of nitrogens with zero attached hydrogens (tertiary/aromatic N) is 2. The maximum Gasteiger partial charge on any atom is 0.254 e. The van der Waals surface area contributed by atoms with E-state index in [1.54, 1.807) is 0 Å². The molecule has 5 heteroatoms. The van der Waals surface area contributed by atoms with Gasteiger partial charge in [-0.2, -0.15) is 0 Å². The highest BCUT2D eigenvalue weighted by Gasteiger charge is 2.23. The van der Waals surface area contributed by atoms with Gasteiger partial charge < -0.3 is 5.32 Å². The van der Waals surface area contributed by atoms with Gasteiger partial charge in [-0.1, -0.05) is 30.3 Å². The smallest absolute Gasteiger partial charge is 0.254 e. The highest BCUT2D eigenvalue weighted by atomic mass is 16.2. The molecule has 2 aromatic rings. The first-order chi connectivity index (χ1) is 9.72. The molecule has 3 rings (SSSR count). The Morgan fingerprint density at radius 2 is 2.05 bits per heavy atom. The molecule has 102 valence electrons. The third-order valence-electron chi connectivity index (χ3n) is 3.21. The Labute approximate surface area is 116 Å². The lowest BCUT2D eigenvalue weighted by molar-refractivity contribution is -0.121. The minimum absolute atomic E-state index is 0.0252. The molecule has 1 aliphatic carbocycles. The van der Waals surface area contributed by atoms with Gasteiger partial charge in [-0.25, -0.2) is 4.98 Å². The van der Waals surface area contributed by atoms with Crippen LogP contribution in [0, 0.1) is 0 Å². The van der Waals surface area contributed by atoms with Crippen molar-refractivity contribution in [2.45, 2.75) is 25.4 Å². The van der Waals surface area contributed by atoms with Crippen molar-refractivity contribution in [3.05, 3.63) is 53.1 Å². The fourth-order valence-electron chi connectivity index (χ4n) is 1.97. The average Bonchev–Trinajstić information content (AvgIpc) is 3.26. The number of hydrogen-bond donors (Lipinski definition) is 1. The summed E-state index contributed by atoms with van der Waals surface area (Å²) >= 11 is 0. The van der Waals surface area contributed by atoms with Gasteiger partial charge in [0.1, 0.15) is 6.54 Å². The lowest BCUT2D eigenvalue weighted by atomic mass is 10.1. The average molecular weight is 269 g/mol. The summed E-state index contributed by atoms with van der Waals surface area (Å²) in [5.41, 5.74) is 1.29. The minimum atomic E-state index is -0.218. The van der Waals surface area contributed by atoms with Crippen LogP contribution in [0.3, 0.4) is 0 Å². The largest absolute Gasteiger partial charge is 0.352 e. The molecule has 0 spiro atoms. The van der Waals surface area contributed by atoms with Gasteiger partial charge in [0.15, 0.2) is 0 Å². The van der Waals surface area contributed by atoms with E-state index >= 15 is 0 Å². The van der Waals surface area contributed by atoms with E-state index < -0.39 is 0 Å². The predicted molar refractivity (Wildman–Crippen MR) is 75.1 cm³/mol. The molecule has 1 aliphatic rings. The van der Waals surface area contributed by atoms with E-state index in [1.807, 2.05) is 30.3 Å². The van der Waals surface area contributed by atoms with Gasteiger partial charge in [0.05, 0.1) is 12.0 Å². The second kappa shape index (κ2) is 5.28. The number of nitrogens with one attached hydrogen (secondary N) is 1. The maximum absolute atomic E-state index is 12.0. The summed E-state index contributed by atoms with van der Waals surface area (Å²) in [5.74, 6) is -0.135. The van der Waals surface area contributed by atoms with Gasteiger partial charge in [0, 0.05) is 17.7 Å². The molecule has 0 unspecified atom stereocenters. The van der Waals surface area contributed by atoms with Crippen molar-refractivity contribution >= 4 is 5.91 Å². The van der Waals surface area contributed by atoms with Crippen molar-refractivity contribution < 1.29 is 4.79 Å². The van der Waals surface area contributed by atoms with Crippen molar-refractivity contribution in [3.63, 3.8) is 0 Å². The van der Waals surface area contributed by atoms with Crippen molar-refractivity contribution in [1.29, 1.82) is 0 Å². The molecule has 0 bridgehead atoms. The summed E-state index contributed by atoms with van der Waals surface area (Å²) < 4.78 is 1.32. The first-order valence-corrected chi connectivity index (χ1v) is 6.63. The topological polar surface area (TPSA) is 64.0 Å². The molecule has 1 aromatic heterocycles. The summed E-state index contributed by atoms with van der Waals surface area (Å²) in [4.78, 5) is 27.9. The second-order valence-electron chi connectivity index (χ2n) is 4.95. The van der Waals surface area contributed by atoms with E-state index in [9.17, 15) is 9.59 Å². The van der Waals surface area contributed by atoms with E-state index in [0.29, 0.717) is 11.7 Å². The standard InChI is InChI=1S/C15H15N3O2/c19-14(17-12-6-7-12)9-18-10-16-13(8-15(18)20)11-4-2-1-3-5-11/h1-5,8,10,12H,6-7,9H2,(H,17,19). The molecule has 5 nitrogen and oxygen atoms in total. The van der Waals surface area contributed by atoms with Crippen LogP contribution in [-0.2, 0) is 11.3 Å². The summed E-state index contributed by atoms with van der Waals surface area (Å²) in [7, 11) is 0. The van der Waals surface area contributed by atoms with Gasteiger partial charge in [-0.3, -0.25) is 14.2 Å². The Morgan fingerprint density at radius 1 is 1.30 bits per heavy atom. The van der Waals surface area contributed by atoms with Crippen molar-refractivity contribution in [1.82, 2.24) is 14.9 Å². The maximum atomic E-state index is 12.0. The van der Waals surface area contributed by atoms with E-state index in [0.717, 1.165) is 18.4 Å². The zero-order valence-corrected chi connectivity index (χ0v) is 11.0. The Kier molecular flexibility index (Phi) is 3.33. The molecular formula is C15H15N3O2. The lowest BCUT2D eigenvalue weighted by Crippen LogP contribution is -2.33. The summed E-state index contributed by atoms with van der Waals surface area (Å²) in [6.45, 7) is 0.0252. The zero-order chi connectivity index (χ0) is 13.9. The molecule has 1 aromatic carbocycles. The summed E-state index contributed by atoms with van der Waals surface area (Å²) in [6.07, 6.45) is 3.49. The SMILES string of the molecule is O=C(Cn1cnc(-c2ccccc2)cc1=O)NC1CC1. The van der Waals surface area contributed by atoms with E-state index in [4.69, 9.17) is 0 Å². The molecule has 0 aliphatic heterocycles. The van der Waals surface area contributed by atoms with Crippen molar-refractivity contribution in [2.75, 3.05) is 0 Å². The van der Waals surface area contributed by atoms with Crippen molar-refractivity contribution in [2.24, 2.45) is 0 Å². The molecule has 1 amide bonds. The number of hydrogen-bond acceptors (Lipinski definition) is 3. The molecule has 1 heterocycles. The molecule has 1 fully saturated rings. The number of carbonyl (C=O) groups excluding carboxylic acids is 1. The molecular weight excluding hydrogens is 254 g/mol. The summed E-state index contributed by atoms with van der Waals surface area (Å²) in [6, 6.07) is 11.2. The van der Waals surface area contributed by atoms with Crippen LogP contribution in [0.1, 0.15) is 12.8 Å². The first kappa shape index (κ1) is 12.6. The predicted octanol–water partition coefficient (Wildman–Crippen LogP) is 1.19. The summed E-state index contributed by atoms with van der Waals surface area (Å²) in [5, 5.41) is 2.85. The normalized spacial score (nSPS) is 14.0. The molecule has 0 radical (unpaired) electrons. The molecule has 1 N–H and O–H groups in total. The first-order valence-electron chi connectivity index (χ1n) is 6.63. The Hall–Kier alpha value is -2.43. The van der Waals surface area contributed by atoms with Gasteiger partial charge >= 0.3 is 0 Å². The van der Waals surface area contributed by atoms with Crippen molar-refractivity contribution in [3.8, 4) is 11.3 Å². The fraction of sp³-hybridized carbons (Fsp3) is 0.267. The van der Waals surface area contributed by atoms with Crippen LogP contribution in [0.4, 0.5) is 0 Å². The van der Waals surface area contributed by atoms with Gasteiger partial charge in [-0.15, -0.1) is 0 Å². The monoisotopic (exact) mass is 269 g/mol. The molecule has 20 heavy (non-hydrogen) atoms. The van der Waals surface area contributed by atoms with E-state index in [1.165, 1.54) is 17.0 Å². The Balaban J connectivity index is 1.77. The number of benzene rings is 1. The number of aromatic nitrogens is 2. The third kappa shape index (κ3) is 2.93. The highest BCUT2D eigenvalue weighted by Crippen LogP contribution is 2.18. The Bertz CT molecular complexity index is 675. The Morgan fingerprint density at radius 3 is 2.70 bits per heavy atom. The minimum Gasteiger partial charge on any atom is -0.352 e. The van der Waals surface area contributed by atoms with Crippen LogP contribution < -0.4 is 10.9 Å². The van der Waals surface area contributed by atoms with Crippen LogP contribution >= 0.6 is 0 Å². The van der Waals surface area contributed by atoms with Crippen LogP contribution in [0.15, 0.2) is 47.5 Å². The highest BCUT2D eigenvalue weighted by molar-refractivity contribution is 5.76. The molecule has 1 saturated carbocycles. The van der Waals surface area contributed by atoms with Gasteiger partial charge in [0.2, 0.25) is 5.91 Å². The van der Waals surface area contributed by atoms with Crippen LogP contribution in [0.25, 0.3) is 11.3 Å². The third-order valence-corrected chi connectivity index (χ3v) is 3.21. The zero-order valence-electron chi connectivity index (χ0n) is 11.0. The second-order valence-corrected chi connectivity index (χ2v) is 4.95. The lowest BCUT2D eigenvalue weighted by Gasteiger charge is -2.07. The van der Waals surface area contributed by atoms with Crippen LogP contribution in [0.2, 0.25) is 0 Å². The fourth-order valence-corrected chi connectivity index (χ4v) is 1.97. The number of carbonyl (C=O) groups is 1. The van der Waals surface area contributed by atoms with Gasteiger partial charge in [0.25, 0.3) is 5.56 Å². The van der Waals surface area contributed by atoms with Crippen LogP contribution in [-0.4, -0.2) is 21.5 Å². The number of amides is 1. The van der Waals surface area contributed by atoms with E-state index in [-0.39, 0.29) is 18.0 Å². The molecule has 0 atom stereocenters. The van der Waals surface area contributed by atoms with Gasteiger partial charge in [-0.05, 0) is 12.8 Å². The van der Waals surface area contributed by atoms with Crippen LogP contribution in [0.5, 0.6) is 0 Å². The molecule has 0 saturated heterocycles.